The van der Waals surface area contributed by atoms with Crippen molar-refractivity contribution in [3.05, 3.63) is 29.3 Å². The Morgan fingerprint density at radius 3 is 2.88 bits per heavy atom. The summed E-state index contributed by atoms with van der Waals surface area (Å²) >= 11 is 0. The summed E-state index contributed by atoms with van der Waals surface area (Å²) in [6.07, 6.45) is 0. The molecule has 3 nitrogen and oxygen atoms in total. The highest BCUT2D eigenvalue weighted by molar-refractivity contribution is 5.35. The van der Waals surface area contributed by atoms with E-state index in [4.69, 9.17) is 4.74 Å². The highest BCUT2D eigenvalue weighted by atomic mass is 16.5. The second-order valence-corrected chi connectivity index (χ2v) is 5.42. The number of nitrogens with zero attached hydrogens (tertiary/aromatic N) is 1. The second-order valence-electron chi connectivity index (χ2n) is 5.42. The van der Waals surface area contributed by atoms with Crippen LogP contribution < -0.4 is 0 Å². The number of phenols is 1. The standard InChI is InChI=1S/C14H21NO2/c1-11-4-5-13(16)12(8-11)9-15-6-7-17-10-14(15,2)3/h4-5,8,16H,6-7,9-10H2,1-3H3. The van der Waals surface area contributed by atoms with Gasteiger partial charge in [0.15, 0.2) is 0 Å². The van der Waals surface area contributed by atoms with Crippen molar-refractivity contribution in [3.63, 3.8) is 0 Å². The smallest absolute Gasteiger partial charge is 0.120 e. The number of benzene rings is 1. The molecule has 0 aromatic heterocycles. The molecule has 0 saturated carbocycles. The Labute approximate surface area is 103 Å². The van der Waals surface area contributed by atoms with E-state index in [1.165, 1.54) is 5.56 Å². The normalized spacial score (nSPS) is 20.4. The molecule has 0 aliphatic carbocycles. The molecular weight excluding hydrogens is 214 g/mol. The predicted octanol–water partition coefficient (Wildman–Crippen LogP) is 2.31. The maximum absolute atomic E-state index is 9.88. The van der Waals surface area contributed by atoms with Gasteiger partial charge < -0.3 is 9.84 Å². The van der Waals surface area contributed by atoms with Crippen LogP contribution in [0.5, 0.6) is 5.75 Å². The molecule has 2 rings (SSSR count). The minimum Gasteiger partial charge on any atom is -0.508 e. The molecule has 1 N–H and O–H groups in total. The lowest BCUT2D eigenvalue weighted by Gasteiger charge is -2.42. The summed E-state index contributed by atoms with van der Waals surface area (Å²) in [5.74, 6) is 0.387. The average molecular weight is 235 g/mol. The molecule has 0 spiro atoms. The minimum atomic E-state index is 0.0361. The molecule has 3 heteroatoms. The molecule has 17 heavy (non-hydrogen) atoms. The van der Waals surface area contributed by atoms with Crippen LogP contribution in [0.25, 0.3) is 0 Å². The van der Waals surface area contributed by atoms with Crippen LogP contribution in [0.4, 0.5) is 0 Å². The first-order chi connectivity index (χ1) is 7.99. The number of aromatic hydroxyl groups is 1. The van der Waals surface area contributed by atoms with E-state index in [0.717, 1.165) is 31.9 Å². The van der Waals surface area contributed by atoms with Gasteiger partial charge >= 0.3 is 0 Å². The van der Waals surface area contributed by atoms with E-state index in [-0.39, 0.29) is 5.54 Å². The molecule has 0 atom stereocenters. The van der Waals surface area contributed by atoms with E-state index in [1.807, 2.05) is 13.0 Å². The van der Waals surface area contributed by atoms with Crippen molar-refractivity contribution >= 4 is 0 Å². The van der Waals surface area contributed by atoms with Crippen molar-refractivity contribution in [2.24, 2.45) is 0 Å². The van der Waals surface area contributed by atoms with Gasteiger partial charge in [-0.05, 0) is 26.8 Å². The summed E-state index contributed by atoms with van der Waals surface area (Å²) in [5.41, 5.74) is 2.22. The summed E-state index contributed by atoms with van der Waals surface area (Å²) in [5, 5.41) is 9.88. The summed E-state index contributed by atoms with van der Waals surface area (Å²) in [6, 6.07) is 5.77. The number of rotatable bonds is 2. The topological polar surface area (TPSA) is 32.7 Å². The molecule has 0 radical (unpaired) electrons. The number of phenolic OH excluding ortho intramolecular Hbond substituents is 1. The SMILES string of the molecule is Cc1ccc(O)c(CN2CCOCC2(C)C)c1. The maximum Gasteiger partial charge on any atom is 0.120 e. The van der Waals surface area contributed by atoms with Crippen LogP contribution in [-0.4, -0.2) is 35.3 Å². The third-order valence-corrected chi connectivity index (χ3v) is 3.41. The Morgan fingerprint density at radius 1 is 1.41 bits per heavy atom. The minimum absolute atomic E-state index is 0.0361. The fourth-order valence-corrected chi connectivity index (χ4v) is 2.23. The van der Waals surface area contributed by atoms with E-state index in [1.54, 1.807) is 6.07 Å². The van der Waals surface area contributed by atoms with Gasteiger partial charge in [-0.1, -0.05) is 17.7 Å². The second kappa shape index (κ2) is 4.67. The van der Waals surface area contributed by atoms with Gasteiger partial charge in [-0.2, -0.15) is 0 Å². The zero-order chi connectivity index (χ0) is 12.5. The van der Waals surface area contributed by atoms with Crippen LogP contribution in [0.1, 0.15) is 25.0 Å². The van der Waals surface area contributed by atoms with Crippen LogP contribution in [-0.2, 0) is 11.3 Å². The number of hydrogen-bond acceptors (Lipinski definition) is 3. The molecule has 1 saturated heterocycles. The molecular formula is C14H21NO2. The first kappa shape index (κ1) is 12.4. The van der Waals surface area contributed by atoms with E-state index in [2.05, 4.69) is 24.8 Å². The van der Waals surface area contributed by atoms with E-state index in [9.17, 15) is 5.11 Å². The van der Waals surface area contributed by atoms with Crippen LogP contribution in [0.15, 0.2) is 18.2 Å². The van der Waals surface area contributed by atoms with Gasteiger partial charge in [-0.3, -0.25) is 4.90 Å². The van der Waals surface area contributed by atoms with Crippen molar-refractivity contribution in [2.45, 2.75) is 32.9 Å². The van der Waals surface area contributed by atoms with Gasteiger partial charge in [0.1, 0.15) is 5.75 Å². The molecule has 1 fully saturated rings. The number of aryl methyl sites for hydroxylation is 1. The third-order valence-electron chi connectivity index (χ3n) is 3.41. The average Bonchev–Trinajstić information content (AvgIpc) is 2.26. The molecule has 1 aromatic carbocycles. The molecule has 94 valence electrons. The van der Waals surface area contributed by atoms with Gasteiger partial charge in [-0.25, -0.2) is 0 Å². The van der Waals surface area contributed by atoms with Crippen molar-refractivity contribution in [1.82, 2.24) is 4.90 Å². The van der Waals surface area contributed by atoms with Crippen molar-refractivity contribution < 1.29 is 9.84 Å². The summed E-state index contributed by atoms with van der Waals surface area (Å²) < 4.78 is 5.50. The number of hydrogen-bond donors (Lipinski definition) is 1. The van der Waals surface area contributed by atoms with Crippen LogP contribution in [0, 0.1) is 6.92 Å². The van der Waals surface area contributed by atoms with Gasteiger partial charge in [-0.15, -0.1) is 0 Å². The van der Waals surface area contributed by atoms with E-state index >= 15 is 0 Å². The molecule has 1 aliphatic heterocycles. The third kappa shape index (κ3) is 2.79. The zero-order valence-electron chi connectivity index (χ0n) is 10.9. The van der Waals surface area contributed by atoms with Crippen molar-refractivity contribution in [3.8, 4) is 5.75 Å². The Morgan fingerprint density at radius 2 is 2.18 bits per heavy atom. The fraction of sp³-hybridized carbons (Fsp3) is 0.571. The lowest BCUT2D eigenvalue weighted by Crippen LogP contribution is -2.52. The van der Waals surface area contributed by atoms with Crippen LogP contribution in [0.2, 0.25) is 0 Å². The maximum atomic E-state index is 9.88. The van der Waals surface area contributed by atoms with E-state index in [0.29, 0.717) is 5.75 Å². The van der Waals surface area contributed by atoms with Crippen molar-refractivity contribution in [1.29, 1.82) is 0 Å². The number of ether oxygens (including phenoxy) is 1. The summed E-state index contributed by atoms with van der Waals surface area (Å²) in [4.78, 5) is 2.37. The Bertz CT molecular complexity index is 401. The Kier molecular flexibility index (Phi) is 3.40. The molecule has 1 aromatic rings. The lowest BCUT2D eigenvalue weighted by atomic mass is 10.0. The van der Waals surface area contributed by atoms with Crippen molar-refractivity contribution in [2.75, 3.05) is 19.8 Å². The largest absolute Gasteiger partial charge is 0.508 e. The molecule has 0 bridgehead atoms. The summed E-state index contributed by atoms with van der Waals surface area (Å²) in [7, 11) is 0. The van der Waals surface area contributed by atoms with Crippen LogP contribution in [0.3, 0.4) is 0 Å². The fourth-order valence-electron chi connectivity index (χ4n) is 2.23. The van der Waals surface area contributed by atoms with Gasteiger partial charge in [0.25, 0.3) is 0 Å². The molecule has 1 heterocycles. The Balaban J connectivity index is 2.16. The highest BCUT2D eigenvalue weighted by Crippen LogP contribution is 2.26. The molecule has 1 aliphatic rings. The first-order valence-corrected chi connectivity index (χ1v) is 6.10. The molecule has 0 unspecified atom stereocenters. The van der Waals surface area contributed by atoms with Gasteiger partial charge in [0, 0.05) is 24.2 Å². The van der Waals surface area contributed by atoms with Gasteiger partial charge in [0.2, 0.25) is 0 Å². The molecule has 0 amide bonds. The lowest BCUT2D eigenvalue weighted by molar-refractivity contribution is -0.0555. The highest BCUT2D eigenvalue weighted by Gasteiger charge is 2.30. The van der Waals surface area contributed by atoms with Crippen LogP contribution >= 0.6 is 0 Å². The van der Waals surface area contributed by atoms with E-state index < -0.39 is 0 Å². The predicted molar refractivity (Wildman–Crippen MR) is 68.2 cm³/mol. The summed E-state index contributed by atoms with van der Waals surface area (Å²) in [6.45, 7) is 9.63. The first-order valence-electron chi connectivity index (χ1n) is 6.10. The Hall–Kier alpha value is -1.06. The monoisotopic (exact) mass is 235 g/mol. The quantitative estimate of drug-likeness (QED) is 0.854. The number of morpholine rings is 1. The van der Waals surface area contributed by atoms with Gasteiger partial charge in [0.05, 0.1) is 13.2 Å². The zero-order valence-corrected chi connectivity index (χ0v) is 10.9.